The van der Waals surface area contributed by atoms with Gasteiger partial charge < -0.3 is 11.0 Å². The van der Waals surface area contributed by atoms with Gasteiger partial charge in [0.2, 0.25) is 0 Å². The van der Waals surface area contributed by atoms with E-state index in [9.17, 15) is 0 Å². The molecule has 0 amide bonds. The zero-order valence-electron chi connectivity index (χ0n) is 1.71. The van der Waals surface area contributed by atoms with Crippen LogP contribution in [0, 0.1) is 0 Å². The van der Waals surface area contributed by atoms with Gasteiger partial charge in [-0.1, -0.05) is 0 Å². The molecule has 0 aliphatic heterocycles. The SMILES string of the molecule is Cl.O.O.[Cu+2]. The number of hydrogen-bond donors (Lipinski definition) is 0. The molecule has 0 saturated heterocycles. The van der Waals surface area contributed by atoms with Crippen molar-refractivity contribution in [2.24, 2.45) is 0 Å². The Hall–Kier alpha value is 0.729. The second kappa shape index (κ2) is 52.2. The van der Waals surface area contributed by atoms with Crippen LogP contribution in [0.4, 0.5) is 0 Å². The van der Waals surface area contributed by atoms with Crippen LogP contribution in [0.25, 0.3) is 0 Å². The normalized spacial score (nSPS) is 0. The van der Waals surface area contributed by atoms with Gasteiger partial charge in [-0.05, 0) is 0 Å². The fourth-order valence-electron chi connectivity index (χ4n) is 0. The summed E-state index contributed by atoms with van der Waals surface area (Å²) in [5.41, 5.74) is 0. The second-order valence-electron chi connectivity index (χ2n) is 0. The standard InChI is InChI=1S/ClH.Cu.2H2O/h1H;;2*1H2/q;+2;;. The maximum Gasteiger partial charge on any atom is 2.00 e. The Morgan fingerprint density at radius 3 is 0.750 bits per heavy atom. The summed E-state index contributed by atoms with van der Waals surface area (Å²) in [6.45, 7) is 0. The van der Waals surface area contributed by atoms with Gasteiger partial charge in [0.05, 0.1) is 0 Å². The van der Waals surface area contributed by atoms with E-state index in [0.717, 1.165) is 0 Å². The van der Waals surface area contributed by atoms with Crippen molar-refractivity contribution in [1.29, 1.82) is 0 Å². The van der Waals surface area contributed by atoms with Crippen molar-refractivity contribution >= 4 is 12.4 Å². The van der Waals surface area contributed by atoms with E-state index in [2.05, 4.69) is 0 Å². The van der Waals surface area contributed by atoms with Gasteiger partial charge >= 0.3 is 17.1 Å². The van der Waals surface area contributed by atoms with Crippen LogP contribution in [0.3, 0.4) is 0 Å². The minimum Gasteiger partial charge on any atom is -0.412 e. The van der Waals surface area contributed by atoms with Gasteiger partial charge in [-0.2, -0.15) is 0 Å². The molecule has 0 atom stereocenters. The monoisotopic (exact) mass is 135 g/mol. The summed E-state index contributed by atoms with van der Waals surface area (Å²) >= 11 is 0. The van der Waals surface area contributed by atoms with Crippen molar-refractivity contribution in [2.45, 2.75) is 0 Å². The molecule has 0 aliphatic rings. The predicted octanol–water partition coefficient (Wildman–Crippen LogP) is -1.23. The van der Waals surface area contributed by atoms with E-state index in [1.807, 2.05) is 0 Å². The average Bonchev–Trinajstić information content (AvgIpc) is 0. The third-order valence-electron chi connectivity index (χ3n) is 0. The van der Waals surface area contributed by atoms with Gasteiger partial charge in [-0.3, -0.25) is 0 Å². The van der Waals surface area contributed by atoms with Gasteiger partial charge in [0.25, 0.3) is 0 Å². The van der Waals surface area contributed by atoms with E-state index in [-0.39, 0.29) is 40.4 Å². The van der Waals surface area contributed by atoms with Crippen LogP contribution in [0.1, 0.15) is 0 Å². The Morgan fingerprint density at radius 1 is 0.750 bits per heavy atom. The van der Waals surface area contributed by atoms with E-state index in [1.54, 1.807) is 0 Å². The number of hydrogen-bond acceptors (Lipinski definition) is 0. The summed E-state index contributed by atoms with van der Waals surface area (Å²) in [4.78, 5) is 0. The van der Waals surface area contributed by atoms with Crippen LogP contribution in [-0.4, -0.2) is 11.0 Å². The van der Waals surface area contributed by atoms with Gasteiger partial charge in [-0.25, -0.2) is 0 Å². The third kappa shape index (κ3) is 15.3. The maximum atomic E-state index is 0. The zero-order valence-corrected chi connectivity index (χ0v) is 3.47. The molecule has 0 spiro atoms. The van der Waals surface area contributed by atoms with Crippen LogP contribution in [0.5, 0.6) is 0 Å². The van der Waals surface area contributed by atoms with Crippen LogP contribution < -0.4 is 0 Å². The summed E-state index contributed by atoms with van der Waals surface area (Å²) in [5, 5.41) is 0. The Morgan fingerprint density at radius 2 is 0.750 bits per heavy atom. The smallest absolute Gasteiger partial charge is 0.412 e. The predicted molar refractivity (Wildman–Crippen MR) is 14.5 cm³/mol. The van der Waals surface area contributed by atoms with Crippen molar-refractivity contribution in [1.82, 2.24) is 0 Å². The Balaban J connectivity index is 0. The van der Waals surface area contributed by atoms with E-state index in [4.69, 9.17) is 0 Å². The first-order valence-electron chi connectivity index (χ1n) is 0. The molecule has 0 aromatic rings. The zero-order chi connectivity index (χ0) is 0. The number of halogens is 1. The molecule has 0 unspecified atom stereocenters. The molecule has 0 saturated carbocycles. The van der Waals surface area contributed by atoms with E-state index in [1.165, 1.54) is 0 Å². The fourth-order valence-corrected chi connectivity index (χ4v) is 0. The van der Waals surface area contributed by atoms with E-state index < -0.39 is 0 Å². The van der Waals surface area contributed by atoms with Crippen LogP contribution in [-0.2, 0) is 17.1 Å². The molecule has 33 valence electrons. The fraction of sp³-hybridized carbons (Fsp3) is 0. The maximum absolute atomic E-state index is 0. The first-order chi connectivity index (χ1) is 0. The summed E-state index contributed by atoms with van der Waals surface area (Å²) in [6.07, 6.45) is 0. The van der Waals surface area contributed by atoms with Crippen molar-refractivity contribution in [3.8, 4) is 0 Å². The summed E-state index contributed by atoms with van der Waals surface area (Å²) in [5.74, 6) is 0. The van der Waals surface area contributed by atoms with Crippen LogP contribution in [0.2, 0.25) is 0 Å². The minimum atomic E-state index is 0. The Labute approximate surface area is 41.1 Å². The van der Waals surface area contributed by atoms with Gasteiger partial charge in [0.15, 0.2) is 0 Å². The average molecular weight is 136 g/mol. The molecule has 0 aromatic carbocycles. The largest absolute Gasteiger partial charge is 2.00 e. The molecule has 0 heterocycles. The van der Waals surface area contributed by atoms with Crippen molar-refractivity contribution < 1.29 is 28.0 Å². The van der Waals surface area contributed by atoms with Crippen LogP contribution in [0.15, 0.2) is 0 Å². The van der Waals surface area contributed by atoms with Gasteiger partial charge in [0, 0.05) is 0 Å². The molecule has 2 nitrogen and oxygen atoms in total. The number of rotatable bonds is 0. The second-order valence-corrected chi connectivity index (χ2v) is 0. The Bertz CT molecular complexity index is 6.00. The molecule has 1 radical (unpaired) electrons. The van der Waals surface area contributed by atoms with Crippen LogP contribution >= 0.6 is 12.4 Å². The summed E-state index contributed by atoms with van der Waals surface area (Å²) < 4.78 is 0. The van der Waals surface area contributed by atoms with Gasteiger partial charge in [-0.15, -0.1) is 12.4 Å². The molecule has 0 aromatic heterocycles. The van der Waals surface area contributed by atoms with E-state index >= 15 is 0 Å². The quantitative estimate of drug-likeness (QED) is 0.374. The molecule has 4 heavy (non-hydrogen) atoms. The first kappa shape index (κ1) is 124. The molecular formula is H5ClCuO2+2. The molecule has 4 heteroatoms. The molecule has 0 rings (SSSR count). The summed E-state index contributed by atoms with van der Waals surface area (Å²) in [7, 11) is 0. The molecule has 0 bridgehead atoms. The molecule has 4 N–H and O–H groups in total. The minimum absolute atomic E-state index is 0. The van der Waals surface area contributed by atoms with Gasteiger partial charge in [0.1, 0.15) is 0 Å². The first-order valence-corrected chi connectivity index (χ1v) is 0. The van der Waals surface area contributed by atoms with Crippen molar-refractivity contribution in [3.05, 3.63) is 0 Å². The van der Waals surface area contributed by atoms with Crippen molar-refractivity contribution in [3.63, 3.8) is 0 Å². The Kier molecular flexibility index (Phi) is 1610. The third-order valence-corrected chi connectivity index (χ3v) is 0. The molecule has 0 aliphatic carbocycles. The van der Waals surface area contributed by atoms with Crippen molar-refractivity contribution in [2.75, 3.05) is 0 Å². The molecule has 0 fully saturated rings. The summed E-state index contributed by atoms with van der Waals surface area (Å²) in [6, 6.07) is 0. The molecular weight excluding hydrogens is 131 g/mol. The topological polar surface area (TPSA) is 63.0 Å². The van der Waals surface area contributed by atoms with E-state index in [0.29, 0.717) is 0 Å².